The summed E-state index contributed by atoms with van der Waals surface area (Å²) in [5, 5.41) is 6.72. The van der Waals surface area contributed by atoms with Gasteiger partial charge in [0, 0.05) is 32.7 Å². The number of nitrogens with two attached hydrogens (primary N) is 1. The Morgan fingerprint density at radius 1 is 1.16 bits per heavy atom. The third-order valence-electron chi connectivity index (χ3n) is 5.66. The minimum atomic E-state index is -0.144. The Morgan fingerprint density at radius 2 is 1.81 bits per heavy atom. The molecule has 0 saturated carbocycles. The molecular weight excluding hydrogens is 505 g/mol. The van der Waals surface area contributed by atoms with Gasteiger partial charge in [-0.1, -0.05) is 30.3 Å². The molecule has 1 fully saturated rings. The third-order valence-corrected chi connectivity index (χ3v) is 5.66. The van der Waals surface area contributed by atoms with Crippen LogP contribution in [-0.2, 0) is 9.53 Å². The van der Waals surface area contributed by atoms with Gasteiger partial charge in [0.1, 0.15) is 0 Å². The van der Waals surface area contributed by atoms with E-state index in [2.05, 4.69) is 39.6 Å². The number of hydrogen-bond donors (Lipinski definition) is 3. The number of ether oxygens (including phenoxy) is 1. The number of carbonyl (C=O) groups is 1. The van der Waals surface area contributed by atoms with Crippen LogP contribution < -0.4 is 16.4 Å². The molecule has 0 radical (unpaired) electrons. The predicted octanol–water partition coefficient (Wildman–Crippen LogP) is 2.91. The van der Waals surface area contributed by atoms with Gasteiger partial charge < -0.3 is 26.0 Å². The van der Waals surface area contributed by atoms with Crippen molar-refractivity contribution in [3.63, 3.8) is 0 Å². The van der Waals surface area contributed by atoms with E-state index in [1.807, 2.05) is 18.2 Å². The number of halogens is 1. The lowest BCUT2D eigenvalue weighted by atomic mass is 9.96. The van der Waals surface area contributed by atoms with E-state index in [9.17, 15) is 4.79 Å². The quantitative estimate of drug-likeness (QED) is 0.163. The van der Waals surface area contributed by atoms with Crippen LogP contribution in [0.5, 0.6) is 0 Å². The van der Waals surface area contributed by atoms with E-state index in [1.54, 1.807) is 7.05 Å². The average molecular weight is 546 g/mol. The monoisotopic (exact) mass is 545 g/mol. The van der Waals surface area contributed by atoms with Crippen LogP contribution >= 0.6 is 24.0 Å². The number of primary amides is 1. The number of nitrogens with zero attached hydrogens (tertiary/aromatic N) is 2. The van der Waals surface area contributed by atoms with Crippen LogP contribution in [0.2, 0.25) is 0 Å². The summed E-state index contributed by atoms with van der Waals surface area (Å²) in [4.78, 5) is 17.9. The van der Waals surface area contributed by atoms with Crippen molar-refractivity contribution in [1.82, 2.24) is 15.5 Å². The Morgan fingerprint density at radius 3 is 2.42 bits per heavy atom. The summed E-state index contributed by atoms with van der Waals surface area (Å²) in [7, 11) is 1.80. The smallest absolute Gasteiger partial charge is 0.220 e. The molecule has 0 aliphatic carbocycles. The van der Waals surface area contributed by atoms with Crippen LogP contribution in [0.1, 0.15) is 50.7 Å². The van der Waals surface area contributed by atoms with Crippen molar-refractivity contribution in [1.29, 1.82) is 0 Å². The van der Waals surface area contributed by atoms with Gasteiger partial charge in [-0.3, -0.25) is 9.79 Å². The van der Waals surface area contributed by atoms with Crippen LogP contribution in [-0.4, -0.2) is 63.1 Å². The minimum Gasteiger partial charge on any atom is -0.374 e. The summed E-state index contributed by atoms with van der Waals surface area (Å²) in [6.07, 6.45) is 5.07. The second kappa shape index (κ2) is 16.3. The first-order valence-electron chi connectivity index (χ1n) is 11.2. The summed E-state index contributed by atoms with van der Waals surface area (Å²) in [5.41, 5.74) is 6.60. The summed E-state index contributed by atoms with van der Waals surface area (Å²) in [6, 6.07) is 10.3. The van der Waals surface area contributed by atoms with E-state index in [4.69, 9.17) is 10.5 Å². The van der Waals surface area contributed by atoms with Gasteiger partial charge in [0.05, 0.1) is 6.10 Å². The first-order valence-corrected chi connectivity index (χ1v) is 11.2. The fourth-order valence-corrected chi connectivity index (χ4v) is 3.69. The number of rotatable bonds is 12. The highest BCUT2D eigenvalue weighted by Crippen LogP contribution is 2.17. The molecule has 1 aliphatic rings. The van der Waals surface area contributed by atoms with Crippen LogP contribution in [0.15, 0.2) is 35.3 Å². The topological polar surface area (TPSA) is 92.0 Å². The van der Waals surface area contributed by atoms with Crippen molar-refractivity contribution in [2.24, 2.45) is 16.6 Å². The van der Waals surface area contributed by atoms with Crippen molar-refractivity contribution >= 4 is 35.8 Å². The SMILES string of the molecule is CN=C(NCCCCN1CCC(C(N)=O)CC1)NCCCOC(C)c1ccccc1.I. The lowest BCUT2D eigenvalue weighted by Crippen LogP contribution is -2.40. The van der Waals surface area contributed by atoms with Crippen LogP contribution in [0.3, 0.4) is 0 Å². The second-order valence-corrected chi connectivity index (χ2v) is 7.93. The molecule has 176 valence electrons. The molecule has 2 rings (SSSR count). The Bertz CT molecular complexity index is 636. The van der Waals surface area contributed by atoms with Crippen molar-refractivity contribution in [3.8, 4) is 0 Å². The fraction of sp³-hybridized carbons (Fsp3) is 0.652. The van der Waals surface area contributed by atoms with E-state index in [0.717, 1.165) is 70.8 Å². The van der Waals surface area contributed by atoms with Gasteiger partial charge in [-0.25, -0.2) is 0 Å². The van der Waals surface area contributed by atoms with Crippen LogP contribution in [0.25, 0.3) is 0 Å². The normalized spacial score (nSPS) is 16.4. The zero-order chi connectivity index (χ0) is 21.6. The molecule has 1 aromatic rings. The molecule has 4 N–H and O–H groups in total. The zero-order valence-corrected chi connectivity index (χ0v) is 21.3. The van der Waals surface area contributed by atoms with Gasteiger partial charge in [-0.2, -0.15) is 0 Å². The van der Waals surface area contributed by atoms with Crippen LogP contribution in [0, 0.1) is 5.92 Å². The van der Waals surface area contributed by atoms with Crippen molar-refractivity contribution in [2.75, 3.05) is 46.4 Å². The first kappa shape index (κ1) is 27.6. The molecule has 8 heteroatoms. The maximum absolute atomic E-state index is 11.2. The van der Waals surface area contributed by atoms with Gasteiger partial charge >= 0.3 is 0 Å². The molecule has 7 nitrogen and oxygen atoms in total. The predicted molar refractivity (Wildman–Crippen MR) is 138 cm³/mol. The highest BCUT2D eigenvalue weighted by Gasteiger charge is 2.22. The number of carbonyl (C=O) groups excluding carboxylic acids is 1. The number of benzene rings is 1. The summed E-state index contributed by atoms with van der Waals surface area (Å²) >= 11 is 0. The van der Waals surface area contributed by atoms with Gasteiger partial charge in [0.25, 0.3) is 0 Å². The van der Waals surface area contributed by atoms with Gasteiger partial charge in [-0.15, -0.1) is 24.0 Å². The molecule has 1 saturated heterocycles. The second-order valence-electron chi connectivity index (χ2n) is 7.93. The zero-order valence-electron chi connectivity index (χ0n) is 19.0. The van der Waals surface area contributed by atoms with Crippen molar-refractivity contribution in [3.05, 3.63) is 35.9 Å². The molecule has 1 atom stereocenters. The van der Waals surface area contributed by atoms with Crippen molar-refractivity contribution in [2.45, 2.75) is 45.1 Å². The molecule has 31 heavy (non-hydrogen) atoms. The molecule has 1 heterocycles. The van der Waals surface area contributed by atoms with Gasteiger partial charge in [-0.05, 0) is 64.2 Å². The summed E-state index contributed by atoms with van der Waals surface area (Å²) in [6.45, 7) is 7.57. The number of nitrogens with one attached hydrogen (secondary N) is 2. The Labute approximate surface area is 204 Å². The molecule has 0 spiro atoms. The Balaban J connectivity index is 0.00000480. The van der Waals surface area contributed by atoms with Gasteiger partial charge in [0.15, 0.2) is 5.96 Å². The lowest BCUT2D eigenvalue weighted by molar-refractivity contribution is -0.123. The maximum atomic E-state index is 11.2. The van der Waals surface area contributed by atoms with E-state index in [-0.39, 0.29) is 41.9 Å². The highest BCUT2D eigenvalue weighted by molar-refractivity contribution is 14.0. The van der Waals surface area contributed by atoms with Crippen molar-refractivity contribution < 1.29 is 9.53 Å². The third kappa shape index (κ3) is 11.2. The van der Waals surface area contributed by atoms with E-state index >= 15 is 0 Å². The highest BCUT2D eigenvalue weighted by atomic mass is 127. The Hall–Kier alpha value is -1.39. The van der Waals surface area contributed by atoms with E-state index in [1.165, 1.54) is 5.56 Å². The number of likely N-dealkylation sites (tertiary alicyclic amines) is 1. The number of guanidine groups is 1. The minimum absolute atomic E-state index is 0. The molecule has 0 aromatic heterocycles. The molecule has 0 bridgehead atoms. The van der Waals surface area contributed by atoms with Crippen LogP contribution in [0.4, 0.5) is 0 Å². The van der Waals surface area contributed by atoms with Gasteiger partial charge in [0.2, 0.25) is 5.91 Å². The molecule has 1 aromatic carbocycles. The number of aliphatic imine (C=N–C) groups is 1. The number of piperidine rings is 1. The Kier molecular flexibility index (Phi) is 14.5. The first-order chi connectivity index (χ1) is 14.6. The number of unbranched alkanes of at least 4 members (excludes halogenated alkanes) is 1. The molecule has 1 unspecified atom stereocenters. The molecule has 1 aliphatic heterocycles. The molecular formula is C23H40IN5O2. The lowest BCUT2D eigenvalue weighted by Gasteiger charge is -2.30. The number of hydrogen-bond acceptors (Lipinski definition) is 4. The average Bonchev–Trinajstić information content (AvgIpc) is 2.78. The summed E-state index contributed by atoms with van der Waals surface area (Å²) < 4.78 is 5.90. The standard InChI is InChI=1S/C23H39N5O2.HI/c1-19(20-9-4-3-5-10-20)30-18-8-14-27-23(25-2)26-13-6-7-15-28-16-11-21(12-17-28)22(24)29;/h3-5,9-10,19,21H,6-8,11-18H2,1-2H3,(H2,24,29)(H2,25,26,27);1H. The summed E-state index contributed by atoms with van der Waals surface area (Å²) in [5.74, 6) is 0.771. The van der Waals surface area contributed by atoms with E-state index < -0.39 is 0 Å². The molecule has 1 amide bonds. The largest absolute Gasteiger partial charge is 0.374 e. The fourth-order valence-electron chi connectivity index (χ4n) is 3.69. The number of amides is 1. The van der Waals surface area contributed by atoms with E-state index in [0.29, 0.717) is 6.61 Å². The maximum Gasteiger partial charge on any atom is 0.220 e.